The number of aromatic amines is 1. The van der Waals surface area contributed by atoms with Gasteiger partial charge in [0.25, 0.3) is 5.91 Å². The standard InChI is InChI=1S/C17H20BrN3O3/c1-17(2,3)24-16(23)21-8-12(9-21)19-15(22)14-7-10-6-11(18)4-5-13(10)20-14/h4-7,12,20H,8-9H2,1-3H3,(H,19,22). The van der Waals surface area contributed by atoms with E-state index in [1.807, 2.05) is 45.0 Å². The van der Waals surface area contributed by atoms with Crippen LogP contribution >= 0.6 is 15.9 Å². The number of likely N-dealkylation sites (tertiary alicyclic amines) is 1. The smallest absolute Gasteiger partial charge is 0.410 e. The second-order valence-electron chi connectivity index (χ2n) is 6.97. The van der Waals surface area contributed by atoms with Crippen LogP contribution in [0, 0.1) is 0 Å². The van der Waals surface area contributed by atoms with E-state index in [4.69, 9.17) is 4.74 Å². The summed E-state index contributed by atoms with van der Waals surface area (Å²) < 4.78 is 6.26. The van der Waals surface area contributed by atoms with Gasteiger partial charge in [-0.25, -0.2) is 4.79 Å². The number of nitrogens with one attached hydrogen (secondary N) is 2. The molecule has 0 saturated carbocycles. The van der Waals surface area contributed by atoms with Crippen LogP contribution in [0.5, 0.6) is 0 Å². The molecular weight excluding hydrogens is 374 g/mol. The van der Waals surface area contributed by atoms with Gasteiger partial charge in [0.05, 0.1) is 6.04 Å². The summed E-state index contributed by atoms with van der Waals surface area (Å²) in [7, 11) is 0. The second-order valence-corrected chi connectivity index (χ2v) is 7.89. The second kappa shape index (κ2) is 6.12. The number of ether oxygens (including phenoxy) is 1. The molecule has 1 aliphatic heterocycles. The minimum Gasteiger partial charge on any atom is -0.444 e. The van der Waals surface area contributed by atoms with E-state index in [0.717, 1.165) is 15.4 Å². The van der Waals surface area contributed by atoms with E-state index in [-0.39, 0.29) is 18.0 Å². The van der Waals surface area contributed by atoms with Gasteiger partial charge in [-0.05, 0) is 45.0 Å². The number of carbonyl (C=O) groups excluding carboxylic acids is 2. The Morgan fingerprint density at radius 2 is 2.00 bits per heavy atom. The Balaban J connectivity index is 1.55. The van der Waals surface area contributed by atoms with Gasteiger partial charge in [-0.3, -0.25) is 4.79 Å². The van der Waals surface area contributed by atoms with Gasteiger partial charge in [0.2, 0.25) is 0 Å². The largest absolute Gasteiger partial charge is 0.444 e. The molecule has 0 radical (unpaired) electrons. The monoisotopic (exact) mass is 393 g/mol. The topological polar surface area (TPSA) is 74.4 Å². The van der Waals surface area contributed by atoms with Crippen molar-refractivity contribution in [3.8, 4) is 0 Å². The Bertz CT molecular complexity index is 788. The van der Waals surface area contributed by atoms with Gasteiger partial charge < -0.3 is 19.9 Å². The molecule has 1 aliphatic rings. The third kappa shape index (κ3) is 3.72. The number of benzene rings is 1. The molecule has 1 aromatic heterocycles. The highest BCUT2D eigenvalue weighted by Gasteiger charge is 2.34. The zero-order chi connectivity index (χ0) is 17.5. The summed E-state index contributed by atoms with van der Waals surface area (Å²) in [5.41, 5.74) is 0.912. The van der Waals surface area contributed by atoms with Crippen molar-refractivity contribution in [2.75, 3.05) is 13.1 Å². The van der Waals surface area contributed by atoms with Crippen LogP contribution in [0.2, 0.25) is 0 Å². The average molecular weight is 394 g/mol. The molecule has 2 amide bonds. The Kier molecular flexibility index (Phi) is 4.29. The van der Waals surface area contributed by atoms with E-state index in [2.05, 4.69) is 26.2 Å². The summed E-state index contributed by atoms with van der Waals surface area (Å²) in [6.45, 7) is 6.42. The molecule has 1 saturated heterocycles. The average Bonchev–Trinajstić information content (AvgIpc) is 2.82. The minimum absolute atomic E-state index is 0.0526. The molecule has 1 aromatic carbocycles. The minimum atomic E-state index is -0.510. The zero-order valence-corrected chi connectivity index (χ0v) is 15.4. The lowest BCUT2D eigenvalue weighted by Gasteiger charge is -2.39. The van der Waals surface area contributed by atoms with Crippen LogP contribution in [0.15, 0.2) is 28.7 Å². The molecule has 6 nitrogen and oxygen atoms in total. The van der Waals surface area contributed by atoms with Crippen molar-refractivity contribution in [3.05, 3.63) is 34.4 Å². The summed E-state index contributed by atoms with van der Waals surface area (Å²) in [4.78, 5) is 28.9. The first kappa shape index (κ1) is 16.8. The fourth-order valence-corrected chi connectivity index (χ4v) is 2.91. The number of carbonyl (C=O) groups is 2. The van der Waals surface area contributed by atoms with Gasteiger partial charge in [0, 0.05) is 28.5 Å². The van der Waals surface area contributed by atoms with Crippen molar-refractivity contribution in [3.63, 3.8) is 0 Å². The number of aromatic nitrogens is 1. The van der Waals surface area contributed by atoms with Gasteiger partial charge in [0.1, 0.15) is 11.3 Å². The predicted octanol–water partition coefficient (Wildman–Crippen LogP) is 3.28. The highest BCUT2D eigenvalue weighted by Crippen LogP contribution is 2.21. The van der Waals surface area contributed by atoms with Gasteiger partial charge in [-0.1, -0.05) is 15.9 Å². The maximum Gasteiger partial charge on any atom is 0.410 e. The zero-order valence-electron chi connectivity index (χ0n) is 13.9. The fraction of sp³-hybridized carbons (Fsp3) is 0.412. The van der Waals surface area contributed by atoms with Crippen molar-refractivity contribution in [2.45, 2.75) is 32.4 Å². The maximum atomic E-state index is 12.3. The third-order valence-electron chi connectivity index (χ3n) is 3.70. The highest BCUT2D eigenvalue weighted by molar-refractivity contribution is 9.10. The van der Waals surface area contributed by atoms with Crippen molar-refractivity contribution >= 4 is 38.8 Å². The molecular formula is C17H20BrN3O3. The first-order chi connectivity index (χ1) is 11.2. The van der Waals surface area contributed by atoms with Crippen molar-refractivity contribution < 1.29 is 14.3 Å². The van der Waals surface area contributed by atoms with E-state index in [1.54, 1.807) is 4.90 Å². The van der Waals surface area contributed by atoms with E-state index in [1.165, 1.54) is 0 Å². The molecule has 0 unspecified atom stereocenters. The van der Waals surface area contributed by atoms with E-state index in [9.17, 15) is 9.59 Å². The Labute approximate surface area is 148 Å². The summed E-state index contributed by atoms with van der Waals surface area (Å²) in [5.74, 6) is -0.170. The van der Waals surface area contributed by atoms with Crippen molar-refractivity contribution in [1.82, 2.24) is 15.2 Å². The molecule has 1 fully saturated rings. The summed E-state index contributed by atoms with van der Waals surface area (Å²) >= 11 is 3.42. The number of hydrogen-bond acceptors (Lipinski definition) is 3. The Hall–Kier alpha value is -2.02. The number of hydrogen-bond donors (Lipinski definition) is 2. The lowest BCUT2D eigenvalue weighted by atomic mass is 10.1. The van der Waals surface area contributed by atoms with E-state index >= 15 is 0 Å². The molecule has 7 heteroatoms. The van der Waals surface area contributed by atoms with Crippen LogP contribution in [0.25, 0.3) is 10.9 Å². The molecule has 2 aromatic rings. The molecule has 2 N–H and O–H groups in total. The number of nitrogens with zero attached hydrogens (tertiary/aromatic N) is 1. The molecule has 0 spiro atoms. The van der Waals surface area contributed by atoms with E-state index < -0.39 is 5.60 Å². The molecule has 0 bridgehead atoms. The van der Waals surface area contributed by atoms with Crippen molar-refractivity contribution in [2.24, 2.45) is 0 Å². The van der Waals surface area contributed by atoms with Crippen LogP contribution in [-0.2, 0) is 4.74 Å². The van der Waals surface area contributed by atoms with Crippen LogP contribution in [0.3, 0.4) is 0 Å². The van der Waals surface area contributed by atoms with Crippen LogP contribution < -0.4 is 5.32 Å². The highest BCUT2D eigenvalue weighted by atomic mass is 79.9. The van der Waals surface area contributed by atoms with Gasteiger partial charge in [-0.2, -0.15) is 0 Å². The molecule has 0 aliphatic carbocycles. The van der Waals surface area contributed by atoms with Crippen LogP contribution in [-0.4, -0.2) is 46.6 Å². The number of H-pyrrole nitrogens is 1. The fourth-order valence-electron chi connectivity index (χ4n) is 2.53. The maximum absolute atomic E-state index is 12.3. The van der Waals surface area contributed by atoms with Crippen LogP contribution in [0.4, 0.5) is 4.79 Å². The first-order valence-electron chi connectivity index (χ1n) is 7.78. The SMILES string of the molecule is CC(C)(C)OC(=O)N1CC(NC(=O)c2cc3cc(Br)ccc3[nH]2)C1. The lowest BCUT2D eigenvalue weighted by molar-refractivity contribution is 0.00531. The normalized spacial score (nSPS) is 15.2. The first-order valence-corrected chi connectivity index (χ1v) is 8.58. The molecule has 3 rings (SSSR count). The van der Waals surface area contributed by atoms with Gasteiger partial charge in [0.15, 0.2) is 0 Å². The number of fused-ring (bicyclic) bond motifs is 1. The van der Waals surface area contributed by atoms with Crippen molar-refractivity contribution in [1.29, 1.82) is 0 Å². The third-order valence-corrected chi connectivity index (χ3v) is 4.19. The van der Waals surface area contributed by atoms with E-state index in [0.29, 0.717) is 18.8 Å². The van der Waals surface area contributed by atoms with Crippen LogP contribution in [0.1, 0.15) is 31.3 Å². The van der Waals surface area contributed by atoms with Gasteiger partial charge in [-0.15, -0.1) is 0 Å². The number of rotatable bonds is 2. The summed E-state index contributed by atoms with van der Waals surface area (Å²) in [6.07, 6.45) is -0.344. The Morgan fingerprint density at radius 3 is 2.67 bits per heavy atom. The quantitative estimate of drug-likeness (QED) is 0.821. The number of halogens is 1. The summed E-state index contributed by atoms with van der Waals surface area (Å²) in [6, 6.07) is 7.56. The lowest BCUT2D eigenvalue weighted by Crippen LogP contribution is -2.61. The predicted molar refractivity (Wildman–Crippen MR) is 95.1 cm³/mol. The summed E-state index contributed by atoms with van der Waals surface area (Å²) in [5, 5.41) is 3.90. The molecule has 128 valence electrons. The molecule has 2 heterocycles. The Morgan fingerprint density at radius 1 is 1.29 bits per heavy atom. The van der Waals surface area contributed by atoms with Gasteiger partial charge >= 0.3 is 6.09 Å². The number of amides is 2. The molecule has 0 atom stereocenters. The molecule has 24 heavy (non-hydrogen) atoms.